The van der Waals surface area contributed by atoms with Crippen LogP contribution in [0.1, 0.15) is 84.9 Å². The third-order valence-corrected chi connectivity index (χ3v) is 8.91. The summed E-state index contributed by atoms with van der Waals surface area (Å²) in [5, 5.41) is 24.8. The van der Waals surface area contributed by atoms with Gasteiger partial charge in [-0.1, -0.05) is 34.6 Å². The van der Waals surface area contributed by atoms with Crippen LogP contribution >= 0.6 is 11.3 Å². The molecular formula is C28H43NO6S. The molecule has 0 unspecified atom stereocenters. The van der Waals surface area contributed by atoms with Gasteiger partial charge in [-0.2, -0.15) is 0 Å². The minimum Gasteiger partial charge on any atom is -0.458 e. The maximum absolute atomic E-state index is 13.3. The van der Waals surface area contributed by atoms with Gasteiger partial charge in [-0.15, -0.1) is 11.3 Å². The van der Waals surface area contributed by atoms with Gasteiger partial charge in [0.2, 0.25) is 0 Å². The molecule has 0 bridgehead atoms. The number of aliphatic hydroxyl groups excluding tert-OH is 2. The molecule has 3 heterocycles. The molecule has 0 aliphatic carbocycles. The minimum atomic E-state index is -1.23. The lowest BCUT2D eigenvalue weighted by atomic mass is 9.72. The van der Waals surface area contributed by atoms with Gasteiger partial charge in [0.1, 0.15) is 11.9 Å². The molecule has 1 aromatic heterocycles. The summed E-state index contributed by atoms with van der Waals surface area (Å²) in [5.41, 5.74) is 0.139. The van der Waals surface area contributed by atoms with Crippen molar-refractivity contribution in [3.05, 3.63) is 21.7 Å². The van der Waals surface area contributed by atoms with Crippen molar-refractivity contribution in [3.63, 3.8) is 0 Å². The molecule has 1 aromatic rings. The summed E-state index contributed by atoms with van der Waals surface area (Å²) in [6.07, 6.45) is 1.04. The number of nitrogens with zero attached hydrogens (tertiary/aromatic N) is 1. The molecule has 36 heavy (non-hydrogen) atoms. The molecule has 2 aliphatic heterocycles. The van der Waals surface area contributed by atoms with E-state index in [0.717, 1.165) is 29.1 Å². The summed E-state index contributed by atoms with van der Waals surface area (Å²) in [7, 11) is 0. The van der Waals surface area contributed by atoms with Crippen LogP contribution in [0.2, 0.25) is 0 Å². The number of aliphatic hydroxyl groups is 2. The number of aromatic nitrogens is 1. The zero-order valence-corrected chi connectivity index (χ0v) is 23.7. The lowest BCUT2D eigenvalue weighted by Crippen LogP contribution is -2.46. The first-order valence-corrected chi connectivity index (χ1v) is 13.9. The lowest BCUT2D eigenvalue weighted by molar-refractivity contribution is -0.154. The number of aryl methyl sites for hydroxylation is 1. The van der Waals surface area contributed by atoms with Crippen LogP contribution in [0.3, 0.4) is 0 Å². The van der Waals surface area contributed by atoms with E-state index in [1.54, 1.807) is 32.1 Å². The highest BCUT2D eigenvalue weighted by molar-refractivity contribution is 7.09. The summed E-state index contributed by atoms with van der Waals surface area (Å²) in [4.78, 5) is 30.8. The van der Waals surface area contributed by atoms with Crippen LogP contribution in [-0.2, 0) is 19.1 Å². The first-order chi connectivity index (χ1) is 16.6. The number of esters is 1. The predicted octanol–water partition coefficient (Wildman–Crippen LogP) is 4.72. The van der Waals surface area contributed by atoms with Gasteiger partial charge in [0.05, 0.1) is 46.5 Å². The molecule has 7 nitrogen and oxygen atoms in total. The Morgan fingerprint density at radius 3 is 2.44 bits per heavy atom. The number of cyclic esters (lactones) is 1. The quantitative estimate of drug-likeness (QED) is 0.428. The van der Waals surface area contributed by atoms with Crippen molar-refractivity contribution in [1.29, 1.82) is 0 Å². The highest BCUT2D eigenvalue weighted by Gasteiger charge is 2.54. The number of epoxide rings is 1. The van der Waals surface area contributed by atoms with E-state index in [-0.39, 0.29) is 35.7 Å². The number of carbonyl (C=O) groups is 2. The van der Waals surface area contributed by atoms with Crippen molar-refractivity contribution >= 4 is 29.2 Å². The number of hydrogen-bond acceptors (Lipinski definition) is 8. The SMILES string of the molecule is C/C(=C\c1csc(C)n1)[C@@H]1C[C@@H]2O[C@]2(C)C[C@H](C)C[C@H](C)[C@H](O)[C@@H](C)C(=O)C(C)(C)[C@@H](O)CC(=O)O1. The van der Waals surface area contributed by atoms with Crippen LogP contribution < -0.4 is 0 Å². The van der Waals surface area contributed by atoms with Crippen molar-refractivity contribution in [2.75, 3.05) is 0 Å². The van der Waals surface area contributed by atoms with Crippen LogP contribution in [0.5, 0.6) is 0 Å². The van der Waals surface area contributed by atoms with Crippen LogP contribution in [0.25, 0.3) is 6.08 Å². The third-order valence-electron chi connectivity index (χ3n) is 8.12. The highest BCUT2D eigenvalue weighted by atomic mass is 32.1. The summed E-state index contributed by atoms with van der Waals surface area (Å²) >= 11 is 1.56. The van der Waals surface area contributed by atoms with E-state index in [4.69, 9.17) is 9.47 Å². The lowest BCUT2D eigenvalue weighted by Gasteiger charge is -2.35. The Labute approximate surface area is 219 Å². The van der Waals surface area contributed by atoms with Gasteiger partial charge in [-0.3, -0.25) is 9.59 Å². The zero-order chi connectivity index (χ0) is 27.0. The Balaban J connectivity index is 1.89. The highest BCUT2D eigenvalue weighted by Crippen LogP contribution is 2.46. The number of ether oxygens (including phenoxy) is 2. The third kappa shape index (κ3) is 6.63. The van der Waals surface area contributed by atoms with Gasteiger partial charge < -0.3 is 19.7 Å². The van der Waals surface area contributed by atoms with Gasteiger partial charge >= 0.3 is 5.97 Å². The molecule has 8 heteroatoms. The van der Waals surface area contributed by atoms with Crippen molar-refractivity contribution in [2.45, 2.75) is 111 Å². The van der Waals surface area contributed by atoms with Crippen LogP contribution in [0, 0.1) is 30.1 Å². The first-order valence-electron chi connectivity index (χ1n) is 13.0. The summed E-state index contributed by atoms with van der Waals surface area (Å²) in [5.74, 6) is -1.31. The molecule has 0 radical (unpaired) electrons. The number of fused-ring (bicyclic) bond motifs is 1. The van der Waals surface area contributed by atoms with Crippen molar-refractivity contribution in [1.82, 2.24) is 4.98 Å². The smallest absolute Gasteiger partial charge is 0.309 e. The molecular weight excluding hydrogens is 478 g/mol. The molecule has 2 fully saturated rings. The van der Waals surface area contributed by atoms with Crippen LogP contribution in [0.4, 0.5) is 0 Å². The average Bonchev–Trinajstić information content (AvgIpc) is 3.21. The fourth-order valence-electron chi connectivity index (χ4n) is 5.63. The van der Waals surface area contributed by atoms with Gasteiger partial charge in [-0.25, -0.2) is 4.98 Å². The van der Waals surface area contributed by atoms with Crippen LogP contribution in [-0.4, -0.2) is 57.0 Å². The van der Waals surface area contributed by atoms with E-state index in [0.29, 0.717) is 6.42 Å². The number of ketones is 1. The van der Waals surface area contributed by atoms with E-state index in [9.17, 15) is 19.8 Å². The molecule has 3 rings (SSSR count). The molecule has 0 aromatic carbocycles. The molecule has 0 spiro atoms. The second-order valence-corrected chi connectivity index (χ2v) is 13.0. The van der Waals surface area contributed by atoms with Crippen LogP contribution in [0.15, 0.2) is 11.0 Å². The van der Waals surface area contributed by atoms with E-state index in [1.807, 2.05) is 32.2 Å². The maximum atomic E-state index is 13.3. The second kappa shape index (κ2) is 11.0. The fourth-order valence-corrected chi connectivity index (χ4v) is 6.20. The second-order valence-electron chi connectivity index (χ2n) is 11.9. The molecule has 2 aliphatic rings. The van der Waals surface area contributed by atoms with E-state index < -0.39 is 35.6 Å². The Morgan fingerprint density at radius 2 is 1.83 bits per heavy atom. The molecule has 202 valence electrons. The molecule has 2 N–H and O–H groups in total. The fraction of sp³-hybridized carbons (Fsp3) is 0.750. The number of carbonyl (C=O) groups excluding carboxylic acids is 2. The number of rotatable bonds is 2. The molecule has 0 saturated carbocycles. The molecule has 2 saturated heterocycles. The van der Waals surface area contributed by atoms with Gasteiger partial charge in [0, 0.05) is 17.7 Å². The Bertz CT molecular complexity index is 986. The van der Waals surface area contributed by atoms with Gasteiger partial charge in [0.15, 0.2) is 0 Å². The number of thiazole rings is 1. The minimum absolute atomic E-state index is 0.0618. The van der Waals surface area contributed by atoms with Crippen molar-refractivity contribution in [2.24, 2.45) is 23.2 Å². The van der Waals surface area contributed by atoms with Gasteiger partial charge in [-0.05, 0) is 57.1 Å². The maximum Gasteiger partial charge on any atom is 0.309 e. The normalized spacial score (nSPS) is 38.8. The van der Waals surface area contributed by atoms with E-state index in [2.05, 4.69) is 18.8 Å². The standard InChI is InChI=1S/C28H43NO6S/c1-15-9-17(3)25(32)18(4)26(33)27(6,7)22(30)12-24(31)34-21(11-23-28(8,13-15)35-23)16(2)10-20-14-36-19(5)29-20/h10,14-15,17-18,21-23,25,30,32H,9,11-13H2,1-8H3/b16-10+/t15-,17+,18-,21+,22+,23+,25+,28-/m1/s1. The molecule has 8 atom stereocenters. The largest absolute Gasteiger partial charge is 0.458 e. The zero-order valence-electron chi connectivity index (χ0n) is 22.9. The topological polar surface area (TPSA) is 109 Å². The summed E-state index contributed by atoms with van der Waals surface area (Å²) in [6.45, 7) is 15.0. The van der Waals surface area contributed by atoms with E-state index >= 15 is 0 Å². The van der Waals surface area contributed by atoms with Gasteiger partial charge in [0.25, 0.3) is 0 Å². The van der Waals surface area contributed by atoms with E-state index in [1.165, 1.54) is 0 Å². The predicted molar refractivity (Wildman–Crippen MR) is 140 cm³/mol. The monoisotopic (exact) mass is 521 g/mol. The average molecular weight is 522 g/mol. The van der Waals surface area contributed by atoms with Crippen molar-refractivity contribution < 1.29 is 29.3 Å². The summed E-state index contributed by atoms with van der Waals surface area (Å²) < 4.78 is 12.0. The number of Topliss-reactive ketones (excluding diaryl/α,β-unsaturated/α-hetero) is 1. The summed E-state index contributed by atoms with van der Waals surface area (Å²) in [6, 6.07) is 0. The first kappa shape index (κ1) is 29.0. The Kier molecular flexibility index (Phi) is 8.86. The Hall–Kier alpha value is -1.61. The molecule has 0 amide bonds. The number of hydrogen-bond donors (Lipinski definition) is 2. The Morgan fingerprint density at radius 1 is 1.17 bits per heavy atom. The van der Waals surface area contributed by atoms with Crippen molar-refractivity contribution in [3.8, 4) is 0 Å².